The van der Waals surface area contributed by atoms with Crippen molar-refractivity contribution in [2.45, 2.75) is 61.9 Å². The molecule has 0 saturated carbocycles. The third-order valence-corrected chi connectivity index (χ3v) is 7.54. The van der Waals surface area contributed by atoms with Gasteiger partial charge in [-0.25, -0.2) is 8.42 Å². The fourth-order valence-electron chi connectivity index (χ4n) is 3.62. The lowest BCUT2D eigenvalue weighted by molar-refractivity contribution is 0.505. The van der Waals surface area contributed by atoms with Crippen LogP contribution in [0.4, 0.5) is 0 Å². The Bertz CT molecular complexity index is 962. The van der Waals surface area contributed by atoms with Gasteiger partial charge in [0.2, 0.25) is 18.9 Å². The quantitative estimate of drug-likeness (QED) is 0.768. The number of para-hydroxylation sites is 1. The molecule has 0 spiro atoms. The van der Waals surface area contributed by atoms with Gasteiger partial charge in [-0.1, -0.05) is 39.0 Å². The Morgan fingerprint density at radius 2 is 1.68 bits per heavy atom. The zero-order valence-electron chi connectivity index (χ0n) is 17.5. The zero-order valence-corrected chi connectivity index (χ0v) is 19.5. The summed E-state index contributed by atoms with van der Waals surface area (Å²) in [6, 6.07) is 11.1. The lowest BCUT2D eigenvalue weighted by Gasteiger charge is -2.26. The molecule has 0 radical (unpaired) electrons. The van der Waals surface area contributed by atoms with Gasteiger partial charge in [-0.3, -0.25) is 0 Å². The Morgan fingerprint density at radius 1 is 1.00 bits per heavy atom. The van der Waals surface area contributed by atoms with Gasteiger partial charge < -0.3 is 9.74 Å². The molecular weight excluding hydrogens is 386 g/mol. The van der Waals surface area contributed by atoms with Gasteiger partial charge in [0.25, 0.3) is 0 Å². The molecule has 152 valence electrons. The van der Waals surface area contributed by atoms with E-state index in [1.807, 2.05) is 24.3 Å². The molecule has 0 unspecified atom stereocenters. The number of fused-ring (bicyclic) bond motifs is 1. The second kappa shape index (κ2) is 8.01. The van der Waals surface area contributed by atoms with E-state index in [2.05, 4.69) is 39.2 Å². The maximum absolute atomic E-state index is 13.6. The fraction of sp³-hybridized carbons (Fsp3) is 0.455. The van der Waals surface area contributed by atoms with Gasteiger partial charge in [-0.05, 0) is 79.3 Å². The molecule has 1 heterocycles. The smallest absolute Gasteiger partial charge is 0.229 e. The van der Waals surface area contributed by atoms with Crippen molar-refractivity contribution in [2.24, 2.45) is 0 Å². The molecule has 1 aliphatic rings. The predicted octanol–water partition coefficient (Wildman–Crippen LogP) is 3.87. The minimum absolute atomic E-state index is 0.205. The Balaban J connectivity index is 2.15. The first-order valence-electron chi connectivity index (χ1n) is 9.98. The van der Waals surface area contributed by atoms with E-state index in [-0.39, 0.29) is 10.3 Å². The Labute approximate surface area is 171 Å². The van der Waals surface area contributed by atoms with E-state index >= 15 is 0 Å². The maximum Gasteiger partial charge on any atom is 0.229 e. The molecule has 4 nitrogen and oxygen atoms in total. The van der Waals surface area contributed by atoms with Crippen LogP contribution in [-0.2, 0) is 28.1 Å². The summed E-state index contributed by atoms with van der Waals surface area (Å²) < 4.78 is 33.4. The summed E-state index contributed by atoms with van der Waals surface area (Å²) in [7, 11) is -5.16. The molecule has 0 bridgehead atoms. The van der Waals surface area contributed by atoms with Crippen LogP contribution in [0.15, 0.2) is 46.2 Å². The predicted molar refractivity (Wildman–Crippen MR) is 117 cm³/mol. The topological polar surface area (TPSA) is 55.4 Å². The number of nitrogens with one attached hydrogen (secondary N) is 1. The fourth-order valence-corrected chi connectivity index (χ4v) is 5.89. The summed E-state index contributed by atoms with van der Waals surface area (Å²) in [5.74, 6) is 0.535. The summed E-state index contributed by atoms with van der Waals surface area (Å²) in [6.45, 7) is 12.2. The molecule has 0 atom stereocenters. The standard InChI is InChI=1S/C22H31NO3SSi/c1-22(2,3)19-7-6-8-20(21(19)26-28(4)5)27(24,25)18-10-9-16-11-13-23-14-12-17(16)15-18/h6-10,15,23,28H,11-14H2,1-5H3. The highest BCUT2D eigenvalue weighted by Gasteiger charge is 2.29. The van der Waals surface area contributed by atoms with Crippen LogP contribution < -0.4 is 9.74 Å². The van der Waals surface area contributed by atoms with Gasteiger partial charge in [-0.15, -0.1) is 0 Å². The minimum atomic E-state index is -3.67. The first kappa shape index (κ1) is 21.1. The Hall–Kier alpha value is -1.63. The molecule has 3 rings (SSSR count). The van der Waals surface area contributed by atoms with Gasteiger partial charge in [0.05, 0.1) is 4.90 Å². The van der Waals surface area contributed by atoms with E-state index in [0.29, 0.717) is 10.6 Å². The molecule has 2 aromatic rings. The third kappa shape index (κ3) is 4.34. The van der Waals surface area contributed by atoms with Crippen LogP contribution in [0.1, 0.15) is 37.5 Å². The highest BCUT2D eigenvalue weighted by molar-refractivity contribution is 7.91. The van der Waals surface area contributed by atoms with E-state index in [9.17, 15) is 8.42 Å². The molecule has 1 aliphatic heterocycles. The largest absolute Gasteiger partial charge is 0.546 e. The molecule has 0 amide bonds. The van der Waals surface area contributed by atoms with Crippen molar-refractivity contribution in [1.82, 2.24) is 5.32 Å². The van der Waals surface area contributed by atoms with Crippen LogP contribution in [0.2, 0.25) is 13.1 Å². The van der Waals surface area contributed by atoms with Gasteiger partial charge in [0, 0.05) is 0 Å². The van der Waals surface area contributed by atoms with Gasteiger partial charge >= 0.3 is 0 Å². The van der Waals surface area contributed by atoms with Crippen molar-refractivity contribution in [3.8, 4) is 5.75 Å². The minimum Gasteiger partial charge on any atom is -0.546 e. The highest BCUT2D eigenvalue weighted by atomic mass is 32.2. The number of sulfone groups is 1. The van der Waals surface area contributed by atoms with Crippen LogP contribution in [0.5, 0.6) is 5.75 Å². The third-order valence-electron chi connectivity index (χ3n) is 5.06. The van der Waals surface area contributed by atoms with E-state index in [4.69, 9.17) is 4.43 Å². The van der Waals surface area contributed by atoms with Crippen molar-refractivity contribution in [2.75, 3.05) is 13.1 Å². The van der Waals surface area contributed by atoms with E-state index < -0.39 is 18.9 Å². The zero-order chi connectivity index (χ0) is 20.5. The monoisotopic (exact) mass is 417 g/mol. The Morgan fingerprint density at radius 3 is 2.32 bits per heavy atom. The van der Waals surface area contributed by atoms with Crippen molar-refractivity contribution in [3.05, 3.63) is 53.1 Å². The number of hydrogen-bond donors (Lipinski definition) is 1. The molecule has 6 heteroatoms. The van der Waals surface area contributed by atoms with Crippen LogP contribution >= 0.6 is 0 Å². The van der Waals surface area contributed by atoms with Crippen LogP contribution in [0.25, 0.3) is 0 Å². The molecular formula is C22H31NO3SSi. The van der Waals surface area contributed by atoms with Crippen molar-refractivity contribution in [3.63, 3.8) is 0 Å². The first-order valence-corrected chi connectivity index (χ1v) is 14.2. The molecule has 2 aromatic carbocycles. The number of hydrogen-bond acceptors (Lipinski definition) is 4. The van der Waals surface area contributed by atoms with E-state index in [0.717, 1.165) is 37.1 Å². The summed E-state index contributed by atoms with van der Waals surface area (Å²) in [4.78, 5) is 0.641. The Kier molecular flexibility index (Phi) is 6.03. The summed E-state index contributed by atoms with van der Waals surface area (Å²) >= 11 is 0. The second-order valence-corrected chi connectivity index (χ2v) is 13.0. The molecule has 28 heavy (non-hydrogen) atoms. The lowest BCUT2D eigenvalue weighted by atomic mass is 9.86. The second-order valence-electron chi connectivity index (χ2n) is 8.73. The molecule has 0 aliphatic carbocycles. The number of rotatable bonds is 4. The van der Waals surface area contributed by atoms with Gasteiger partial charge in [0.1, 0.15) is 10.6 Å². The SMILES string of the molecule is C[SiH](C)Oc1c(C(C)(C)C)cccc1S(=O)(=O)c1ccc2c(c1)CCNCC2. The van der Waals surface area contributed by atoms with Crippen LogP contribution in [-0.4, -0.2) is 30.5 Å². The lowest BCUT2D eigenvalue weighted by Crippen LogP contribution is -2.20. The summed E-state index contributed by atoms with van der Waals surface area (Å²) in [6.07, 6.45) is 1.78. The maximum atomic E-state index is 13.6. The van der Waals surface area contributed by atoms with Crippen molar-refractivity contribution < 1.29 is 12.8 Å². The molecule has 0 aromatic heterocycles. The van der Waals surface area contributed by atoms with Gasteiger partial charge in [0.15, 0.2) is 0 Å². The average molecular weight is 418 g/mol. The van der Waals surface area contributed by atoms with E-state index in [1.54, 1.807) is 12.1 Å². The van der Waals surface area contributed by atoms with Gasteiger partial charge in [-0.2, -0.15) is 0 Å². The van der Waals surface area contributed by atoms with Crippen LogP contribution in [0.3, 0.4) is 0 Å². The summed E-state index contributed by atoms with van der Waals surface area (Å²) in [5.41, 5.74) is 3.09. The average Bonchev–Trinajstić information content (AvgIpc) is 2.85. The van der Waals surface area contributed by atoms with Crippen molar-refractivity contribution >= 4 is 18.9 Å². The number of benzene rings is 2. The molecule has 0 saturated heterocycles. The molecule has 0 fully saturated rings. The van der Waals surface area contributed by atoms with E-state index in [1.165, 1.54) is 5.56 Å². The highest BCUT2D eigenvalue weighted by Crippen LogP contribution is 2.39. The first-order chi connectivity index (χ1) is 13.1. The van der Waals surface area contributed by atoms with Crippen molar-refractivity contribution in [1.29, 1.82) is 0 Å². The molecule has 1 N–H and O–H groups in total. The summed E-state index contributed by atoms with van der Waals surface area (Å²) in [5, 5.41) is 3.37. The normalized spacial score (nSPS) is 15.2. The van der Waals surface area contributed by atoms with Crippen LogP contribution in [0, 0.1) is 0 Å².